The van der Waals surface area contributed by atoms with Gasteiger partial charge in [-0.1, -0.05) is 19.9 Å². The van der Waals surface area contributed by atoms with Gasteiger partial charge in [-0.2, -0.15) is 0 Å². The molecule has 31 heavy (non-hydrogen) atoms. The van der Waals surface area contributed by atoms with E-state index in [-0.39, 0.29) is 29.7 Å². The molecule has 174 valence electrons. The zero-order valence-electron chi connectivity index (χ0n) is 19.0. The first-order valence-electron chi connectivity index (χ1n) is 11.4. The number of benzene rings is 1. The molecule has 1 unspecified atom stereocenters. The Morgan fingerprint density at radius 1 is 1.26 bits per heavy atom. The van der Waals surface area contributed by atoms with Gasteiger partial charge in [0.15, 0.2) is 11.6 Å². The van der Waals surface area contributed by atoms with E-state index < -0.39 is 0 Å². The van der Waals surface area contributed by atoms with Gasteiger partial charge in [0.1, 0.15) is 0 Å². The molecule has 0 saturated carbocycles. The number of morpholine rings is 1. The third-order valence-corrected chi connectivity index (χ3v) is 5.88. The Labute approximate surface area is 185 Å². The fourth-order valence-corrected chi connectivity index (χ4v) is 4.33. The zero-order valence-corrected chi connectivity index (χ0v) is 19.0. The highest BCUT2D eigenvalue weighted by molar-refractivity contribution is 5.74. The standard InChI is InChI=1S/C23H37FN4O3/c1-17(2)14-28-10-11-31-20(16-28)13-25-23(29)26-19-6-8-27(9-7-19)15-18-4-5-22(30-3)21(24)12-18/h4-5,12,17,19-20H,6-11,13-16H2,1-3H3,(H2,25,26,29). The van der Waals surface area contributed by atoms with Crippen molar-refractivity contribution in [2.24, 2.45) is 5.92 Å². The summed E-state index contributed by atoms with van der Waals surface area (Å²) in [7, 11) is 1.47. The monoisotopic (exact) mass is 436 g/mol. The number of ether oxygens (including phenoxy) is 2. The molecule has 2 heterocycles. The average molecular weight is 437 g/mol. The molecule has 3 rings (SSSR count). The third kappa shape index (κ3) is 7.63. The molecule has 2 N–H and O–H groups in total. The number of amides is 2. The van der Waals surface area contributed by atoms with Crippen LogP contribution in [0.15, 0.2) is 18.2 Å². The maximum absolute atomic E-state index is 13.9. The number of hydrogen-bond donors (Lipinski definition) is 2. The summed E-state index contributed by atoms with van der Waals surface area (Å²) in [6.07, 6.45) is 1.81. The molecule has 8 heteroatoms. The number of likely N-dealkylation sites (tertiary alicyclic amines) is 1. The van der Waals surface area contributed by atoms with Crippen LogP contribution in [-0.4, -0.2) is 81.0 Å². The molecular formula is C23H37FN4O3. The molecule has 2 amide bonds. The molecule has 1 atom stereocenters. The van der Waals surface area contributed by atoms with Crippen LogP contribution in [0, 0.1) is 11.7 Å². The molecule has 0 spiro atoms. The molecule has 0 bridgehead atoms. The quantitative estimate of drug-likeness (QED) is 0.655. The van der Waals surface area contributed by atoms with Crippen molar-refractivity contribution in [2.75, 3.05) is 53.0 Å². The molecule has 0 aromatic heterocycles. The van der Waals surface area contributed by atoms with Crippen LogP contribution in [0.25, 0.3) is 0 Å². The maximum atomic E-state index is 13.9. The van der Waals surface area contributed by atoms with E-state index in [9.17, 15) is 9.18 Å². The van der Waals surface area contributed by atoms with Crippen molar-refractivity contribution in [3.05, 3.63) is 29.6 Å². The first kappa shape index (κ1) is 23.8. The van der Waals surface area contributed by atoms with Crippen LogP contribution < -0.4 is 15.4 Å². The second kappa shape index (κ2) is 11.6. The molecule has 2 aliphatic heterocycles. The number of nitrogens with zero attached hydrogens (tertiary/aromatic N) is 2. The van der Waals surface area contributed by atoms with Crippen LogP contribution in [0.2, 0.25) is 0 Å². The van der Waals surface area contributed by atoms with E-state index in [0.29, 0.717) is 19.0 Å². The number of rotatable bonds is 8. The summed E-state index contributed by atoms with van der Waals surface area (Å²) >= 11 is 0. The zero-order chi connectivity index (χ0) is 22.2. The predicted octanol–water partition coefficient (Wildman–Crippen LogP) is 2.45. The van der Waals surface area contributed by atoms with Crippen molar-refractivity contribution >= 4 is 6.03 Å². The Morgan fingerprint density at radius 2 is 2.03 bits per heavy atom. The van der Waals surface area contributed by atoms with Gasteiger partial charge in [-0.3, -0.25) is 9.80 Å². The molecular weight excluding hydrogens is 399 g/mol. The summed E-state index contributed by atoms with van der Waals surface area (Å²) in [4.78, 5) is 17.0. The first-order chi connectivity index (χ1) is 14.9. The normalized spacial score (nSPS) is 21.3. The molecule has 0 radical (unpaired) electrons. The average Bonchev–Trinajstić information content (AvgIpc) is 2.74. The van der Waals surface area contributed by atoms with Gasteiger partial charge >= 0.3 is 6.03 Å². The SMILES string of the molecule is COc1ccc(CN2CCC(NC(=O)NCC3CN(CC(C)C)CCO3)CC2)cc1F. The van der Waals surface area contributed by atoms with Gasteiger partial charge in [-0.25, -0.2) is 9.18 Å². The minimum atomic E-state index is -0.331. The third-order valence-electron chi connectivity index (χ3n) is 5.88. The summed E-state index contributed by atoms with van der Waals surface area (Å²) in [6, 6.07) is 5.14. The Balaban J connectivity index is 1.34. The highest BCUT2D eigenvalue weighted by atomic mass is 19.1. The van der Waals surface area contributed by atoms with E-state index >= 15 is 0 Å². The Hall–Kier alpha value is -1.90. The van der Waals surface area contributed by atoms with Gasteiger partial charge in [0.2, 0.25) is 0 Å². The lowest BCUT2D eigenvalue weighted by molar-refractivity contribution is -0.0290. The fraction of sp³-hybridized carbons (Fsp3) is 0.696. The van der Waals surface area contributed by atoms with E-state index in [2.05, 4.69) is 34.3 Å². The van der Waals surface area contributed by atoms with Gasteiger partial charge < -0.3 is 20.1 Å². The van der Waals surface area contributed by atoms with Crippen molar-refractivity contribution < 1.29 is 18.7 Å². The maximum Gasteiger partial charge on any atom is 0.315 e. The molecule has 2 fully saturated rings. The molecule has 1 aromatic rings. The number of methoxy groups -OCH3 is 1. The molecule has 2 saturated heterocycles. The van der Waals surface area contributed by atoms with Crippen molar-refractivity contribution in [3.63, 3.8) is 0 Å². The number of piperidine rings is 1. The molecule has 1 aromatic carbocycles. The minimum Gasteiger partial charge on any atom is -0.494 e. The fourth-order valence-electron chi connectivity index (χ4n) is 4.33. The van der Waals surface area contributed by atoms with Gasteiger partial charge in [0.25, 0.3) is 0 Å². The summed E-state index contributed by atoms with van der Waals surface area (Å²) in [5.41, 5.74) is 0.932. The van der Waals surface area contributed by atoms with E-state index in [1.54, 1.807) is 6.07 Å². The molecule has 2 aliphatic rings. The molecule has 0 aliphatic carbocycles. The molecule has 7 nitrogen and oxygen atoms in total. The van der Waals surface area contributed by atoms with Crippen LogP contribution in [0.5, 0.6) is 5.75 Å². The highest BCUT2D eigenvalue weighted by Gasteiger charge is 2.23. The van der Waals surface area contributed by atoms with Gasteiger partial charge in [0, 0.05) is 51.9 Å². The summed E-state index contributed by atoms with van der Waals surface area (Å²) in [5, 5.41) is 6.06. The van der Waals surface area contributed by atoms with Crippen molar-refractivity contribution in [3.8, 4) is 5.75 Å². The Kier molecular flexibility index (Phi) is 8.92. The number of nitrogens with one attached hydrogen (secondary N) is 2. The van der Waals surface area contributed by atoms with Crippen molar-refractivity contribution in [1.29, 1.82) is 0 Å². The number of urea groups is 1. The lowest BCUT2D eigenvalue weighted by atomic mass is 10.0. The van der Waals surface area contributed by atoms with Crippen LogP contribution in [-0.2, 0) is 11.3 Å². The van der Waals surface area contributed by atoms with Crippen LogP contribution in [0.4, 0.5) is 9.18 Å². The predicted molar refractivity (Wildman–Crippen MR) is 119 cm³/mol. The summed E-state index contributed by atoms with van der Waals surface area (Å²) < 4.78 is 24.7. The number of hydrogen-bond acceptors (Lipinski definition) is 5. The second-order valence-corrected chi connectivity index (χ2v) is 9.02. The number of carbonyl (C=O) groups is 1. The van der Waals surface area contributed by atoms with Crippen molar-refractivity contribution in [1.82, 2.24) is 20.4 Å². The van der Waals surface area contributed by atoms with Gasteiger partial charge in [-0.05, 0) is 36.5 Å². The van der Waals surface area contributed by atoms with Crippen LogP contribution in [0.3, 0.4) is 0 Å². The smallest absolute Gasteiger partial charge is 0.315 e. The Bertz CT molecular complexity index is 710. The lowest BCUT2D eigenvalue weighted by Gasteiger charge is -2.34. The van der Waals surface area contributed by atoms with Crippen molar-refractivity contribution in [2.45, 2.75) is 45.4 Å². The minimum absolute atomic E-state index is 0.0463. The topological polar surface area (TPSA) is 66.1 Å². The number of halogens is 1. The van der Waals surface area contributed by atoms with E-state index in [1.165, 1.54) is 13.2 Å². The first-order valence-corrected chi connectivity index (χ1v) is 11.4. The summed E-state index contributed by atoms with van der Waals surface area (Å²) in [5.74, 6) is 0.566. The van der Waals surface area contributed by atoms with Crippen LogP contribution >= 0.6 is 0 Å². The largest absolute Gasteiger partial charge is 0.494 e. The number of carbonyl (C=O) groups excluding carboxylic acids is 1. The summed E-state index contributed by atoms with van der Waals surface area (Å²) in [6.45, 7) is 11.0. The van der Waals surface area contributed by atoms with E-state index in [0.717, 1.165) is 57.7 Å². The van der Waals surface area contributed by atoms with Crippen LogP contribution in [0.1, 0.15) is 32.3 Å². The van der Waals surface area contributed by atoms with E-state index in [4.69, 9.17) is 9.47 Å². The van der Waals surface area contributed by atoms with E-state index in [1.807, 2.05) is 6.07 Å². The van der Waals surface area contributed by atoms with Gasteiger partial charge in [0.05, 0.1) is 19.8 Å². The Morgan fingerprint density at radius 3 is 2.71 bits per heavy atom. The van der Waals surface area contributed by atoms with Gasteiger partial charge in [-0.15, -0.1) is 0 Å². The highest BCUT2D eigenvalue weighted by Crippen LogP contribution is 2.20. The second-order valence-electron chi connectivity index (χ2n) is 9.02. The lowest BCUT2D eigenvalue weighted by Crippen LogP contribution is -2.52.